The van der Waals surface area contributed by atoms with Crippen LogP contribution in [0.1, 0.15) is 30.1 Å². The second-order valence-corrected chi connectivity index (χ2v) is 6.31. The van der Waals surface area contributed by atoms with E-state index in [4.69, 9.17) is 11.6 Å². The summed E-state index contributed by atoms with van der Waals surface area (Å²) in [6.07, 6.45) is 2.12. The van der Waals surface area contributed by atoms with Gasteiger partial charge in [-0.3, -0.25) is 0 Å². The van der Waals surface area contributed by atoms with Crippen LogP contribution in [0.25, 0.3) is 0 Å². The molecule has 0 aromatic heterocycles. The molecule has 2 N–H and O–H groups in total. The molecule has 124 valence electrons. The maximum atomic E-state index is 13.3. The molecule has 1 heterocycles. The van der Waals surface area contributed by atoms with Gasteiger partial charge in [0.2, 0.25) is 0 Å². The highest BCUT2D eigenvalue weighted by atomic mass is 35.5. The summed E-state index contributed by atoms with van der Waals surface area (Å²) in [5.41, 5.74) is 1.85. The van der Waals surface area contributed by atoms with E-state index in [2.05, 4.69) is 5.32 Å². The van der Waals surface area contributed by atoms with Gasteiger partial charge in [0.25, 0.3) is 0 Å². The Hall–Kier alpha value is -1.13. The maximum absolute atomic E-state index is 13.3. The highest BCUT2D eigenvalue weighted by Gasteiger charge is 2.30. The summed E-state index contributed by atoms with van der Waals surface area (Å²) in [5, 5.41) is 14.6. The quantitative estimate of drug-likeness (QED) is 0.856. The molecule has 0 amide bonds. The van der Waals surface area contributed by atoms with Gasteiger partial charge in [0.15, 0.2) is 0 Å². The van der Waals surface area contributed by atoms with E-state index >= 15 is 0 Å². The second-order valence-electron chi connectivity index (χ2n) is 5.88. The summed E-state index contributed by atoms with van der Waals surface area (Å²) in [6, 6.07) is 14.3. The molecule has 0 spiro atoms. The number of benzene rings is 2. The van der Waals surface area contributed by atoms with Crippen molar-refractivity contribution in [1.82, 2.24) is 5.32 Å². The monoisotopic (exact) mass is 355 g/mol. The van der Waals surface area contributed by atoms with Crippen LogP contribution in [0.4, 0.5) is 4.39 Å². The van der Waals surface area contributed by atoms with E-state index in [0.717, 1.165) is 24.3 Å². The zero-order valence-electron chi connectivity index (χ0n) is 12.6. The molecule has 23 heavy (non-hydrogen) atoms. The van der Waals surface area contributed by atoms with E-state index in [9.17, 15) is 9.50 Å². The van der Waals surface area contributed by atoms with Crippen LogP contribution in [0.5, 0.6) is 0 Å². The molecule has 5 heteroatoms. The summed E-state index contributed by atoms with van der Waals surface area (Å²) >= 11 is 5.89. The van der Waals surface area contributed by atoms with E-state index in [1.165, 1.54) is 17.7 Å². The first-order chi connectivity index (χ1) is 10.6. The molecule has 3 atom stereocenters. The Bertz CT molecular complexity index is 635. The number of halogens is 3. The van der Waals surface area contributed by atoms with E-state index in [-0.39, 0.29) is 24.3 Å². The number of hydrogen-bond donors (Lipinski definition) is 2. The standard InChI is InChI=1S/C18H19ClFNO.ClH/c19-14-6-4-12(5-7-14)10-16-8-9-17(21-16)18(22)13-2-1-3-15(20)11-13;/h1-7,11,16-18,21-22H,8-10H2;1H/t16-,17+,18-;/m0./s1. The molecule has 0 saturated carbocycles. The van der Waals surface area contributed by atoms with Crippen molar-refractivity contribution in [3.8, 4) is 0 Å². The van der Waals surface area contributed by atoms with Crippen LogP contribution in [-0.2, 0) is 6.42 Å². The average Bonchev–Trinajstić information content (AvgIpc) is 2.97. The van der Waals surface area contributed by atoms with Crippen LogP contribution in [0.3, 0.4) is 0 Å². The molecule has 2 aromatic rings. The lowest BCUT2D eigenvalue weighted by atomic mass is 10.0. The highest BCUT2D eigenvalue weighted by molar-refractivity contribution is 6.30. The van der Waals surface area contributed by atoms with Crippen molar-refractivity contribution in [2.24, 2.45) is 0 Å². The van der Waals surface area contributed by atoms with E-state index in [0.29, 0.717) is 11.6 Å². The first-order valence-corrected chi connectivity index (χ1v) is 7.93. The maximum Gasteiger partial charge on any atom is 0.123 e. The zero-order chi connectivity index (χ0) is 15.5. The molecule has 0 aliphatic carbocycles. The molecule has 3 rings (SSSR count). The fraction of sp³-hybridized carbons (Fsp3) is 0.333. The molecule has 2 aromatic carbocycles. The minimum absolute atomic E-state index is 0. The summed E-state index contributed by atoms with van der Waals surface area (Å²) in [4.78, 5) is 0. The van der Waals surface area contributed by atoms with Crippen molar-refractivity contribution in [3.05, 3.63) is 70.5 Å². The number of nitrogens with one attached hydrogen (secondary N) is 1. The predicted molar refractivity (Wildman–Crippen MR) is 93.7 cm³/mol. The van der Waals surface area contributed by atoms with Gasteiger partial charge in [-0.15, -0.1) is 12.4 Å². The highest BCUT2D eigenvalue weighted by Crippen LogP contribution is 2.27. The van der Waals surface area contributed by atoms with E-state index in [1.54, 1.807) is 12.1 Å². The number of rotatable bonds is 4. The predicted octanol–water partition coefficient (Wildman–Crippen LogP) is 4.30. The molecular weight excluding hydrogens is 336 g/mol. The zero-order valence-corrected chi connectivity index (χ0v) is 14.2. The Labute approximate surface area is 147 Å². The smallest absolute Gasteiger partial charge is 0.123 e. The molecule has 0 bridgehead atoms. The molecule has 0 radical (unpaired) electrons. The van der Waals surface area contributed by atoms with Crippen molar-refractivity contribution in [2.75, 3.05) is 0 Å². The third kappa shape index (κ3) is 4.67. The topological polar surface area (TPSA) is 32.3 Å². The van der Waals surface area contributed by atoms with Crippen molar-refractivity contribution in [2.45, 2.75) is 37.5 Å². The van der Waals surface area contributed by atoms with Gasteiger partial charge in [-0.25, -0.2) is 4.39 Å². The fourth-order valence-corrected chi connectivity index (χ4v) is 3.21. The first-order valence-electron chi connectivity index (χ1n) is 7.56. The Balaban J connectivity index is 0.00000192. The molecule has 1 aliphatic heterocycles. The third-order valence-electron chi connectivity index (χ3n) is 4.24. The van der Waals surface area contributed by atoms with E-state index < -0.39 is 6.10 Å². The van der Waals surface area contributed by atoms with Crippen LogP contribution in [0.2, 0.25) is 5.02 Å². The van der Waals surface area contributed by atoms with Gasteiger partial charge in [0, 0.05) is 17.1 Å². The second kappa shape index (κ2) is 8.11. The molecule has 1 fully saturated rings. The van der Waals surface area contributed by atoms with Crippen LogP contribution in [0, 0.1) is 5.82 Å². The Morgan fingerprint density at radius 1 is 1.17 bits per heavy atom. The normalized spacial score (nSPS) is 21.7. The minimum atomic E-state index is -0.675. The number of hydrogen-bond acceptors (Lipinski definition) is 2. The Kier molecular flexibility index (Phi) is 6.42. The van der Waals surface area contributed by atoms with Gasteiger partial charge in [-0.2, -0.15) is 0 Å². The molecule has 1 aliphatic rings. The lowest BCUT2D eigenvalue weighted by Gasteiger charge is -2.20. The van der Waals surface area contributed by atoms with Crippen molar-refractivity contribution in [1.29, 1.82) is 0 Å². The van der Waals surface area contributed by atoms with Crippen LogP contribution < -0.4 is 5.32 Å². The van der Waals surface area contributed by atoms with Crippen LogP contribution >= 0.6 is 24.0 Å². The third-order valence-corrected chi connectivity index (χ3v) is 4.49. The summed E-state index contributed by atoms with van der Waals surface area (Å²) in [7, 11) is 0. The SMILES string of the molecule is Cl.O[C@@H](c1cccc(F)c1)[C@H]1CC[C@@H](Cc2ccc(Cl)cc2)N1. The Morgan fingerprint density at radius 2 is 1.91 bits per heavy atom. The number of aliphatic hydroxyl groups is 1. The molecule has 1 saturated heterocycles. The fourth-order valence-electron chi connectivity index (χ4n) is 3.09. The van der Waals surface area contributed by atoms with Gasteiger partial charge >= 0.3 is 0 Å². The lowest BCUT2D eigenvalue weighted by molar-refractivity contribution is 0.135. The Morgan fingerprint density at radius 3 is 2.61 bits per heavy atom. The lowest BCUT2D eigenvalue weighted by Crippen LogP contribution is -2.35. The van der Waals surface area contributed by atoms with Gasteiger partial charge in [0.05, 0.1) is 6.10 Å². The van der Waals surface area contributed by atoms with Crippen molar-refractivity contribution >= 4 is 24.0 Å². The molecule has 2 nitrogen and oxygen atoms in total. The van der Waals surface area contributed by atoms with Crippen LogP contribution in [-0.4, -0.2) is 17.2 Å². The van der Waals surface area contributed by atoms with Gasteiger partial charge < -0.3 is 10.4 Å². The van der Waals surface area contributed by atoms with Crippen LogP contribution in [0.15, 0.2) is 48.5 Å². The minimum Gasteiger partial charge on any atom is -0.387 e. The molecule has 0 unspecified atom stereocenters. The average molecular weight is 356 g/mol. The molecular formula is C18H20Cl2FNO. The van der Waals surface area contributed by atoms with Gasteiger partial charge in [0.1, 0.15) is 5.82 Å². The van der Waals surface area contributed by atoms with Gasteiger partial charge in [-0.05, 0) is 54.7 Å². The van der Waals surface area contributed by atoms with Crippen molar-refractivity contribution in [3.63, 3.8) is 0 Å². The summed E-state index contributed by atoms with van der Waals surface area (Å²) in [6.45, 7) is 0. The summed E-state index contributed by atoms with van der Waals surface area (Å²) in [5.74, 6) is -0.313. The number of aliphatic hydroxyl groups excluding tert-OH is 1. The first kappa shape index (κ1) is 18.2. The van der Waals surface area contributed by atoms with Gasteiger partial charge in [-0.1, -0.05) is 35.9 Å². The largest absolute Gasteiger partial charge is 0.387 e. The summed E-state index contributed by atoms with van der Waals surface area (Å²) < 4.78 is 13.3. The van der Waals surface area contributed by atoms with E-state index in [1.807, 2.05) is 24.3 Å². The van der Waals surface area contributed by atoms with Crippen molar-refractivity contribution < 1.29 is 9.50 Å².